The number of amides is 4. The minimum Gasteiger partial charge on any atom is -0.353 e. The van der Waals surface area contributed by atoms with Crippen LogP contribution in [0.4, 0.5) is 4.79 Å². The van der Waals surface area contributed by atoms with E-state index in [9.17, 15) is 14.4 Å². The molecule has 0 bridgehead atoms. The quantitative estimate of drug-likeness (QED) is 0.541. The van der Waals surface area contributed by atoms with Crippen LogP contribution in [0.3, 0.4) is 0 Å². The Morgan fingerprint density at radius 3 is 2.72 bits per heavy atom. The maximum absolute atomic E-state index is 12.3. The van der Waals surface area contributed by atoms with Crippen LogP contribution < -0.4 is 21.3 Å². The molecular formula is C21H31N5O3. The van der Waals surface area contributed by atoms with E-state index < -0.39 is 0 Å². The Morgan fingerprint density at radius 2 is 2.00 bits per heavy atom. The highest BCUT2D eigenvalue weighted by Gasteiger charge is 2.43. The van der Waals surface area contributed by atoms with Gasteiger partial charge >= 0.3 is 6.03 Å². The Labute approximate surface area is 171 Å². The van der Waals surface area contributed by atoms with Crippen molar-refractivity contribution in [1.29, 1.82) is 0 Å². The number of urea groups is 1. The van der Waals surface area contributed by atoms with Crippen LogP contribution in [0.2, 0.25) is 0 Å². The third kappa shape index (κ3) is 5.93. The number of hydrogen-bond acceptors (Lipinski definition) is 4. The fourth-order valence-corrected chi connectivity index (χ4v) is 4.02. The van der Waals surface area contributed by atoms with Crippen molar-refractivity contribution in [3.05, 3.63) is 35.9 Å². The van der Waals surface area contributed by atoms with Gasteiger partial charge in [-0.15, -0.1) is 0 Å². The first-order valence-corrected chi connectivity index (χ1v) is 10.3. The summed E-state index contributed by atoms with van der Waals surface area (Å²) in [4.78, 5) is 38.6. The van der Waals surface area contributed by atoms with Crippen LogP contribution in [0.25, 0.3) is 0 Å². The lowest BCUT2D eigenvalue weighted by molar-refractivity contribution is -0.129. The van der Waals surface area contributed by atoms with Gasteiger partial charge in [-0.1, -0.05) is 30.3 Å². The Morgan fingerprint density at radius 1 is 1.24 bits per heavy atom. The summed E-state index contributed by atoms with van der Waals surface area (Å²) < 4.78 is 0. The molecule has 8 heteroatoms. The SMILES string of the molecule is CC(C)NC(=O)NC1CC2C(=O)NCC(CCC(=O)NCc3ccccc3)N2C1. The maximum atomic E-state index is 12.3. The predicted octanol–water partition coefficient (Wildman–Crippen LogP) is 0.732. The van der Waals surface area contributed by atoms with Gasteiger partial charge in [0, 0.05) is 44.2 Å². The van der Waals surface area contributed by atoms with Crippen LogP contribution in [0.5, 0.6) is 0 Å². The molecule has 4 amide bonds. The second kappa shape index (κ2) is 9.73. The molecule has 2 saturated heterocycles. The maximum Gasteiger partial charge on any atom is 0.315 e. The number of nitrogens with zero attached hydrogens (tertiary/aromatic N) is 1. The standard InChI is InChI=1S/C21H31N5O3/c1-14(2)24-21(29)25-16-10-18-20(28)23-12-17(26(18)13-16)8-9-19(27)22-11-15-6-4-3-5-7-15/h3-7,14,16-18H,8-13H2,1-2H3,(H,22,27)(H,23,28)(H2,24,25,29). The summed E-state index contributed by atoms with van der Waals surface area (Å²) in [5.41, 5.74) is 1.07. The average molecular weight is 402 g/mol. The molecule has 3 unspecified atom stereocenters. The van der Waals surface area contributed by atoms with Crippen molar-refractivity contribution < 1.29 is 14.4 Å². The molecule has 0 saturated carbocycles. The molecule has 0 radical (unpaired) electrons. The number of carbonyl (C=O) groups is 3. The third-order valence-corrected chi connectivity index (χ3v) is 5.42. The number of fused-ring (bicyclic) bond motifs is 1. The minimum atomic E-state index is -0.245. The molecular weight excluding hydrogens is 370 g/mol. The van der Waals surface area contributed by atoms with Crippen molar-refractivity contribution in [3.63, 3.8) is 0 Å². The average Bonchev–Trinajstić information content (AvgIpc) is 3.10. The summed E-state index contributed by atoms with van der Waals surface area (Å²) in [6, 6.07) is 9.44. The van der Waals surface area contributed by atoms with Gasteiger partial charge in [-0.2, -0.15) is 0 Å². The molecule has 0 aromatic heterocycles. The molecule has 0 aliphatic carbocycles. The van der Waals surface area contributed by atoms with E-state index in [1.165, 1.54) is 0 Å². The van der Waals surface area contributed by atoms with Gasteiger partial charge < -0.3 is 21.3 Å². The predicted molar refractivity (Wildman–Crippen MR) is 110 cm³/mol. The van der Waals surface area contributed by atoms with Crippen LogP contribution in [-0.4, -0.2) is 60.0 Å². The van der Waals surface area contributed by atoms with Gasteiger partial charge in [-0.25, -0.2) is 4.79 Å². The van der Waals surface area contributed by atoms with Crippen LogP contribution in [-0.2, 0) is 16.1 Å². The highest BCUT2D eigenvalue weighted by Crippen LogP contribution is 2.25. The zero-order valence-corrected chi connectivity index (χ0v) is 17.1. The monoisotopic (exact) mass is 401 g/mol. The molecule has 1 aromatic carbocycles. The first-order valence-electron chi connectivity index (χ1n) is 10.3. The van der Waals surface area contributed by atoms with Crippen LogP contribution in [0, 0.1) is 0 Å². The molecule has 2 aliphatic heterocycles. The summed E-state index contributed by atoms with van der Waals surface area (Å²) in [5.74, 6) is 0.0100. The summed E-state index contributed by atoms with van der Waals surface area (Å²) in [5, 5.41) is 11.7. The highest BCUT2D eigenvalue weighted by atomic mass is 16.2. The van der Waals surface area contributed by atoms with Crippen molar-refractivity contribution in [2.24, 2.45) is 0 Å². The van der Waals surface area contributed by atoms with Gasteiger partial charge in [0.15, 0.2) is 0 Å². The zero-order valence-electron chi connectivity index (χ0n) is 17.1. The van der Waals surface area contributed by atoms with E-state index in [1.54, 1.807) is 0 Å². The lowest BCUT2D eigenvalue weighted by Gasteiger charge is -2.37. The fraction of sp³-hybridized carbons (Fsp3) is 0.571. The van der Waals surface area contributed by atoms with E-state index >= 15 is 0 Å². The summed E-state index contributed by atoms with van der Waals surface area (Å²) in [6.45, 7) is 5.49. The number of benzene rings is 1. The smallest absolute Gasteiger partial charge is 0.315 e. The van der Waals surface area contributed by atoms with E-state index in [-0.39, 0.29) is 42.0 Å². The minimum absolute atomic E-state index is 0.00310. The summed E-state index contributed by atoms with van der Waals surface area (Å²) in [7, 11) is 0. The molecule has 2 heterocycles. The van der Waals surface area contributed by atoms with Gasteiger partial charge in [-0.05, 0) is 32.3 Å². The lowest BCUT2D eigenvalue weighted by atomic mass is 10.0. The third-order valence-electron chi connectivity index (χ3n) is 5.42. The van der Waals surface area contributed by atoms with E-state index in [0.29, 0.717) is 38.9 Å². The molecule has 0 spiro atoms. The number of carbonyl (C=O) groups excluding carboxylic acids is 3. The summed E-state index contributed by atoms with van der Waals surface area (Å²) in [6.07, 6.45) is 1.67. The van der Waals surface area contributed by atoms with E-state index in [2.05, 4.69) is 26.2 Å². The normalized spacial score (nSPS) is 24.0. The van der Waals surface area contributed by atoms with Gasteiger partial charge in [0.25, 0.3) is 0 Å². The molecule has 3 atom stereocenters. The molecule has 8 nitrogen and oxygen atoms in total. The van der Waals surface area contributed by atoms with E-state index in [1.807, 2.05) is 44.2 Å². The van der Waals surface area contributed by atoms with Gasteiger partial charge in [0.1, 0.15) is 0 Å². The number of rotatable bonds is 7. The Balaban J connectivity index is 1.48. The number of nitrogens with one attached hydrogen (secondary N) is 4. The summed E-state index contributed by atoms with van der Waals surface area (Å²) >= 11 is 0. The van der Waals surface area contributed by atoms with Crippen molar-refractivity contribution in [2.45, 2.75) is 63.8 Å². The first-order chi connectivity index (χ1) is 13.9. The molecule has 3 rings (SSSR count). The van der Waals surface area contributed by atoms with Crippen molar-refractivity contribution in [2.75, 3.05) is 13.1 Å². The van der Waals surface area contributed by atoms with Gasteiger partial charge in [0.2, 0.25) is 11.8 Å². The first kappa shape index (κ1) is 21.1. The lowest BCUT2D eigenvalue weighted by Crippen LogP contribution is -2.58. The molecule has 158 valence electrons. The molecule has 29 heavy (non-hydrogen) atoms. The highest BCUT2D eigenvalue weighted by molar-refractivity contribution is 5.83. The van der Waals surface area contributed by atoms with Crippen LogP contribution in [0.15, 0.2) is 30.3 Å². The van der Waals surface area contributed by atoms with Crippen molar-refractivity contribution in [3.8, 4) is 0 Å². The van der Waals surface area contributed by atoms with E-state index in [4.69, 9.17) is 0 Å². The number of hydrogen-bond donors (Lipinski definition) is 4. The van der Waals surface area contributed by atoms with Crippen molar-refractivity contribution in [1.82, 2.24) is 26.2 Å². The Bertz CT molecular complexity index is 724. The Kier molecular flexibility index (Phi) is 7.09. The van der Waals surface area contributed by atoms with Crippen LogP contribution in [0.1, 0.15) is 38.7 Å². The van der Waals surface area contributed by atoms with Gasteiger partial charge in [0.05, 0.1) is 6.04 Å². The second-order valence-corrected chi connectivity index (χ2v) is 8.12. The molecule has 4 N–H and O–H groups in total. The molecule has 1 aromatic rings. The van der Waals surface area contributed by atoms with E-state index in [0.717, 1.165) is 5.56 Å². The topological polar surface area (TPSA) is 103 Å². The molecule has 2 fully saturated rings. The van der Waals surface area contributed by atoms with Gasteiger partial charge in [-0.3, -0.25) is 14.5 Å². The van der Waals surface area contributed by atoms with Crippen LogP contribution >= 0.6 is 0 Å². The fourth-order valence-electron chi connectivity index (χ4n) is 4.02. The second-order valence-electron chi connectivity index (χ2n) is 8.12. The largest absolute Gasteiger partial charge is 0.353 e. The Hall–Kier alpha value is -2.61. The van der Waals surface area contributed by atoms with Crippen molar-refractivity contribution >= 4 is 17.8 Å². The zero-order chi connectivity index (χ0) is 20.8. The molecule has 2 aliphatic rings. The number of piperazine rings is 1.